The van der Waals surface area contributed by atoms with E-state index in [4.69, 9.17) is 0 Å². The molecule has 0 unspecified atom stereocenters. The molecule has 82 valence electrons. The highest BCUT2D eigenvalue weighted by Gasteiger charge is 2.30. The van der Waals surface area contributed by atoms with Gasteiger partial charge in [-0.15, -0.1) is 0 Å². The Morgan fingerprint density at radius 2 is 2.07 bits per heavy atom. The van der Waals surface area contributed by atoms with E-state index in [0.717, 1.165) is 19.4 Å². The molecule has 0 aromatic carbocycles. The van der Waals surface area contributed by atoms with Crippen LogP contribution in [0.2, 0.25) is 0 Å². The zero-order valence-corrected chi connectivity index (χ0v) is 9.42. The maximum absolute atomic E-state index is 11.5. The topological polar surface area (TPSA) is 40.5 Å². The molecule has 1 aliphatic rings. The molecule has 3 heteroatoms. The van der Waals surface area contributed by atoms with Gasteiger partial charge < -0.3 is 5.11 Å². The van der Waals surface area contributed by atoms with Gasteiger partial charge in [0.05, 0.1) is 12.1 Å². The number of hydrogen-bond acceptors (Lipinski definition) is 3. The van der Waals surface area contributed by atoms with Crippen LogP contribution in [0.15, 0.2) is 0 Å². The summed E-state index contributed by atoms with van der Waals surface area (Å²) in [4.78, 5) is 13.6. The van der Waals surface area contributed by atoms with Crippen LogP contribution < -0.4 is 0 Å². The van der Waals surface area contributed by atoms with Crippen LogP contribution in [0.5, 0.6) is 0 Å². The van der Waals surface area contributed by atoms with Crippen molar-refractivity contribution in [2.45, 2.75) is 39.2 Å². The molecule has 14 heavy (non-hydrogen) atoms. The summed E-state index contributed by atoms with van der Waals surface area (Å²) in [7, 11) is 0. The molecule has 0 spiro atoms. The van der Waals surface area contributed by atoms with Gasteiger partial charge in [0.1, 0.15) is 5.78 Å². The summed E-state index contributed by atoms with van der Waals surface area (Å²) in [6.45, 7) is 7.47. The van der Waals surface area contributed by atoms with E-state index >= 15 is 0 Å². The van der Waals surface area contributed by atoms with E-state index in [9.17, 15) is 9.90 Å². The molecule has 0 aromatic rings. The van der Waals surface area contributed by atoms with Crippen LogP contribution in [-0.4, -0.2) is 41.0 Å². The third-order valence-electron chi connectivity index (χ3n) is 2.47. The Hall–Kier alpha value is -0.410. The average Bonchev–Trinajstić information content (AvgIpc) is 2.82. The van der Waals surface area contributed by atoms with Crippen LogP contribution in [0.1, 0.15) is 33.6 Å². The van der Waals surface area contributed by atoms with Crippen LogP contribution >= 0.6 is 0 Å². The second-order valence-corrected chi connectivity index (χ2v) is 4.86. The third-order valence-corrected chi connectivity index (χ3v) is 2.47. The smallest absolute Gasteiger partial charge is 0.149 e. The number of likely N-dealkylation sites (N-methyl/N-ethyl adjacent to an activating group) is 1. The van der Waals surface area contributed by atoms with E-state index in [0.29, 0.717) is 24.8 Å². The monoisotopic (exact) mass is 199 g/mol. The minimum atomic E-state index is -0.708. The summed E-state index contributed by atoms with van der Waals surface area (Å²) >= 11 is 0. The second-order valence-electron chi connectivity index (χ2n) is 4.86. The van der Waals surface area contributed by atoms with Crippen molar-refractivity contribution in [2.75, 3.05) is 19.6 Å². The molecule has 0 radical (unpaired) electrons. The molecule has 0 atom stereocenters. The zero-order valence-electron chi connectivity index (χ0n) is 9.42. The average molecular weight is 199 g/mol. The zero-order chi connectivity index (χ0) is 10.8. The number of carbonyl (C=O) groups is 1. The number of hydrogen-bond donors (Lipinski definition) is 1. The van der Waals surface area contributed by atoms with Gasteiger partial charge in [0.15, 0.2) is 0 Å². The van der Waals surface area contributed by atoms with Crippen LogP contribution in [-0.2, 0) is 4.79 Å². The molecular formula is C11H21NO2. The number of nitrogens with zero attached hydrogens (tertiary/aromatic N) is 1. The normalized spacial score (nSPS) is 17.5. The Kier molecular flexibility index (Phi) is 3.67. The largest absolute Gasteiger partial charge is 0.389 e. The third kappa shape index (κ3) is 4.20. The molecule has 3 nitrogen and oxygen atoms in total. The first-order valence-electron chi connectivity index (χ1n) is 5.40. The highest BCUT2D eigenvalue weighted by atomic mass is 16.3. The van der Waals surface area contributed by atoms with Crippen LogP contribution in [0, 0.1) is 5.92 Å². The summed E-state index contributed by atoms with van der Waals surface area (Å²) in [5.74, 6) is 0.668. The van der Waals surface area contributed by atoms with E-state index in [2.05, 4.69) is 0 Å². The molecule has 0 saturated heterocycles. The predicted octanol–water partition coefficient (Wildman–Crippen LogP) is 1.06. The summed E-state index contributed by atoms with van der Waals surface area (Å²) in [6, 6.07) is 0. The van der Waals surface area contributed by atoms with Crippen LogP contribution in [0.25, 0.3) is 0 Å². The standard InChI is InChI=1S/C11H21NO2/c1-4-12(8-11(2,3)14)7-10(13)9-5-6-9/h9,14H,4-8H2,1-3H3. The van der Waals surface area contributed by atoms with Gasteiger partial charge in [0.25, 0.3) is 0 Å². The quantitative estimate of drug-likeness (QED) is 0.695. The summed E-state index contributed by atoms with van der Waals surface area (Å²) in [5, 5.41) is 9.63. The van der Waals surface area contributed by atoms with Gasteiger partial charge in [-0.05, 0) is 33.2 Å². The van der Waals surface area contributed by atoms with E-state index in [1.807, 2.05) is 11.8 Å². The fourth-order valence-electron chi connectivity index (χ4n) is 1.58. The summed E-state index contributed by atoms with van der Waals surface area (Å²) < 4.78 is 0. The van der Waals surface area contributed by atoms with Gasteiger partial charge in [0.2, 0.25) is 0 Å². The lowest BCUT2D eigenvalue weighted by Gasteiger charge is -2.27. The number of carbonyl (C=O) groups excluding carboxylic acids is 1. The Morgan fingerprint density at radius 3 is 2.43 bits per heavy atom. The van der Waals surface area contributed by atoms with Crippen molar-refractivity contribution in [3.63, 3.8) is 0 Å². The van der Waals surface area contributed by atoms with E-state index < -0.39 is 5.60 Å². The maximum atomic E-state index is 11.5. The summed E-state index contributed by atoms with van der Waals surface area (Å²) in [5.41, 5.74) is -0.708. The molecule has 1 saturated carbocycles. The fraction of sp³-hybridized carbons (Fsp3) is 0.909. The lowest BCUT2D eigenvalue weighted by atomic mass is 10.1. The predicted molar refractivity (Wildman–Crippen MR) is 56.1 cm³/mol. The van der Waals surface area contributed by atoms with Crippen molar-refractivity contribution >= 4 is 5.78 Å². The Bertz CT molecular complexity index is 204. The first kappa shape index (κ1) is 11.7. The second kappa shape index (κ2) is 4.41. The molecule has 1 rings (SSSR count). The summed E-state index contributed by atoms with van der Waals surface area (Å²) in [6.07, 6.45) is 2.14. The highest BCUT2D eigenvalue weighted by Crippen LogP contribution is 2.30. The highest BCUT2D eigenvalue weighted by molar-refractivity contribution is 5.84. The Labute approximate surface area is 86.1 Å². The van der Waals surface area contributed by atoms with Gasteiger partial charge in [-0.1, -0.05) is 6.92 Å². The molecule has 1 N–H and O–H groups in total. The molecule has 0 bridgehead atoms. The minimum absolute atomic E-state index is 0.325. The van der Waals surface area contributed by atoms with Crippen molar-refractivity contribution in [3.8, 4) is 0 Å². The van der Waals surface area contributed by atoms with E-state index in [-0.39, 0.29) is 0 Å². The molecule has 1 aliphatic carbocycles. The van der Waals surface area contributed by atoms with Crippen molar-refractivity contribution < 1.29 is 9.90 Å². The molecule has 1 fully saturated rings. The van der Waals surface area contributed by atoms with Crippen molar-refractivity contribution in [3.05, 3.63) is 0 Å². The molecule has 0 aromatic heterocycles. The van der Waals surface area contributed by atoms with Gasteiger partial charge in [-0.3, -0.25) is 9.69 Å². The number of Topliss-reactive ketones (excluding diaryl/α,β-unsaturated/α-hetero) is 1. The lowest BCUT2D eigenvalue weighted by molar-refractivity contribution is -0.121. The SMILES string of the molecule is CCN(CC(=O)C1CC1)CC(C)(C)O. The Balaban J connectivity index is 2.34. The molecule has 0 aliphatic heterocycles. The van der Waals surface area contributed by atoms with Crippen molar-refractivity contribution in [2.24, 2.45) is 5.92 Å². The van der Waals surface area contributed by atoms with Crippen molar-refractivity contribution in [1.82, 2.24) is 4.90 Å². The maximum Gasteiger partial charge on any atom is 0.149 e. The molecule has 0 heterocycles. The number of rotatable bonds is 6. The molecular weight excluding hydrogens is 178 g/mol. The van der Waals surface area contributed by atoms with E-state index in [1.165, 1.54) is 0 Å². The van der Waals surface area contributed by atoms with Gasteiger partial charge in [0, 0.05) is 12.5 Å². The fourth-order valence-corrected chi connectivity index (χ4v) is 1.58. The number of aliphatic hydroxyl groups is 1. The first-order valence-corrected chi connectivity index (χ1v) is 5.40. The van der Waals surface area contributed by atoms with Crippen molar-refractivity contribution in [1.29, 1.82) is 0 Å². The first-order chi connectivity index (χ1) is 6.42. The molecule has 0 amide bonds. The van der Waals surface area contributed by atoms with E-state index in [1.54, 1.807) is 13.8 Å². The van der Waals surface area contributed by atoms with Gasteiger partial charge in [-0.25, -0.2) is 0 Å². The van der Waals surface area contributed by atoms with Crippen LogP contribution in [0.3, 0.4) is 0 Å². The Morgan fingerprint density at radius 1 is 1.50 bits per heavy atom. The van der Waals surface area contributed by atoms with Gasteiger partial charge in [-0.2, -0.15) is 0 Å². The van der Waals surface area contributed by atoms with Crippen LogP contribution in [0.4, 0.5) is 0 Å². The number of ketones is 1. The van der Waals surface area contributed by atoms with Gasteiger partial charge >= 0.3 is 0 Å². The lowest BCUT2D eigenvalue weighted by Crippen LogP contribution is -2.41. The minimum Gasteiger partial charge on any atom is -0.389 e.